The molecule has 0 aliphatic carbocycles. The second-order valence-corrected chi connectivity index (χ2v) is 8.55. The van der Waals surface area contributed by atoms with Crippen LogP contribution in [0, 0.1) is 0 Å². The van der Waals surface area contributed by atoms with Gasteiger partial charge in [0.15, 0.2) is 5.96 Å². The van der Waals surface area contributed by atoms with Gasteiger partial charge in [0.25, 0.3) is 0 Å². The standard InChI is InChI=1S/C19H34N4S/c1-6-20-18(21-14-19(4,5)17-8-7-13-24-17)22-16-9-11-23(12-10-16)15(2)3/h7-8,13,15-16H,6,9-12,14H2,1-5H3,(H2,20,21,22). The summed E-state index contributed by atoms with van der Waals surface area (Å²) in [5.74, 6) is 0.963. The molecule has 2 rings (SSSR count). The molecule has 0 amide bonds. The van der Waals surface area contributed by atoms with E-state index in [0.717, 1.165) is 19.0 Å². The van der Waals surface area contributed by atoms with Gasteiger partial charge < -0.3 is 15.5 Å². The van der Waals surface area contributed by atoms with Crippen molar-refractivity contribution in [1.29, 1.82) is 0 Å². The first-order valence-electron chi connectivity index (χ1n) is 9.25. The molecule has 1 aromatic rings. The molecule has 0 aromatic carbocycles. The van der Waals surface area contributed by atoms with Crippen molar-refractivity contribution in [3.8, 4) is 0 Å². The quantitative estimate of drug-likeness (QED) is 0.610. The monoisotopic (exact) mass is 350 g/mol. The molecule has 4 nitrogen and oxygen atoms in total. The lowest BCUT2D eigenvalue weighted by Gasteiger charge is -2.35. The molecule has 2 heterocycles. The number of aliphatic imine (C=N–C) groups is 1. The van der Waals surface area contributed by atoms with E-state index in [1.54, 1.807) is 0 Å². The summed E-state index contributed by atoms with van der Waals surface area (Å²) in [7, 11) is 0. The van der Waals surface area contributed by atoms with Crippen LogP contribution >= 0.6 is 11.3 Å². The molecular weight excluding hydrogens is 316 g/mol. The van der Waals surface area contributed by atoms with E-state index in [-0.39, 0.29) is 5.41 Å². The van der Waals surface area contributed by atoms with Gasteiger partial charge in [0.2, 0.25) is 0 Å². The molecule has 5 heteroatoms. The average molecular weight is 351 g/mol. The van der Waals surface area contributed by atoms with Gasteiger partial charge in [-0.05, 0) is 45.1 Å². The number of nitrogens with one attached hydrogen (secondary N) is 2. The van der Waals surface area contributed by atoms with Gasteiger partial charge >= 0.3 is 0 Å². The lowest BCUT2D eigenvalue weighted by atomic mass is 9.92. The largest absolute Gasteiger partial charge is 0.357 e. The minimum Gasteiger partial charge on any atom is -0.357 e. The number of nitrogens with zero attached hydrogens (tertiary/aromatic N) is 2. The number of piperidine rings is 1. The van der Waals surface area contributed by atoms with Crippen LogP contribution in [0.5, 0.6) is 0 Å². The minimum absolute atomic E-state index is 0.0809. The highest BCUT2D eigenvalue weighted by molar-refractivity contribution is 7.10. The van der Waals surface area contributed by atoms with Crippen LogP contribution in [0.2, 0.25) is 0 Å². The first kappa shape index (κ1) is 19.3. The maximum atomic E-state index is 4.88. The van der Waals surface area contributed by atoms with Gasteiger partial charge in [0.05, 0.1) is 6.54 Å². The van der Waals surface area contributed by atoms with Crippen LogP contribution in [0.15, 0.2) is 22.5 Å². The van der Waals surface area contributed by atoms with Crippen molar-refractivity contribution in [2.24, 2.45) is 4.99 Å². The molecule has 24 heavy (non-hydrogen) atoms. The summed E-state index contributed by atoms with van der Waals surface area (Å²) >= 11 is 1.82. The second-order valence-electron chi connectivity index (χ2n) is 7.60. The Morgan fingerprint density at radius 3 is 2.62 bits per heavy atom. The molecule has 136 valence electrons. The Kier molecular flexibility index (Phi) is 7.11. The van der Waals surface area contributed by atoms with Crippen LogP contribution in [-0.2, 0) is 5.41 Å². The lowest BCUT2D eigenvalue weighted by Crippen LogP contribution is -2.50. The van der Waals surface area contributed by atoms with E-state index in [1.807, 2.05) is 11.3 Å². The highest BCUT2D eigenvalue weighted by Crippen LogP contribution is 2.27. The third kappa shape index (κ3) is 5.49. The molecule has 0 bridgehead atoms. The van der Waals surface area contributed by atoms with Crippen molar-refractivity contribution in [3.05, 3.63) is 22.4 Å². The molecule has 0 saturated carbocycles. The number of thiophene rings is 1. The van der Waals surface area contributed by atoms with E-state index in [9.17, 15) is 0 Å². The van der Waals surface area contributed by atoms with Crippen molar-refractivity contribution in [1.82, 2.24) is 15.5 Å². The Hall–Kier alpha value is -1.07. The van der Waals surface area contributed by atoms with Gasteiger partial charge in [-0.15, -0.1) is 11.3 Å². The van der Waals surface area contributed by atoms with E-state index >= 15 is 0 Å². The Bertz CT molecular complexity index is 499. The zero-order valence-corrected chi connectivity index (χ0v) is 16.7. The Morgan fingerprint density at radius 2 is 2.08 bits per heavy atom. The smallest absolute Gasteiger partial charge is 0.191 e. The average Bonchev–Trinajstić information content (AvgIpc) is 3.09. The summed E-state index contributed by atoms with van der Waals surface area (Å²) < 4.78 is 0. The number of likely N-dealkylation sites (tertiary alicyclic amines) is 1. The van der Waals surface area contributed by atoms with Crippen LogP contribution in [0.4, 0.5) is 0 Å². The van der Waals surface area contributed by atoms with Gasteiger partial charge in [-0.1, -0.05) is 19.9 Å². The van der Waals surface area contributed by atoms with Crippen LogP contribution in [0.3, 0.4) is 0 Å². The van der Waals surface area contributed by atoms with Crippen molar-refractivity contribution < 1.29 is 0 Å². The van der Waals surface area contributed by atoms with Gasteiger partial charge in [-0.25, -0.2) is 0 Å². The van der Waals surface area contributed by atoms with Crippen molar-refractivity contribution in [2.75, 3.05) is 26.2 Å². The molecule has 2 N–H and O–H groups in total. The fraction of sp³-hybridized carbons (Fsp3) is 0.737. The molecule has 0 atom stereocenters. The topological polar surface area (TPSA) is 39.7 Å². The first-order valence-corrected chi connectivity index (χ1v) is 10.1. The summed E-state index contributed by atoms with van der Waals surface area (Å²) in [6.45, 7) is 15.3. The Labute approximate surface area is 151 Å². The number of guanidine groups is 1. The molecule has 1 saturated heterocycles. The third-order valence-corrected chi connectivity index (χ3v) is 6.00. The molecule has 1 aliphatic heterocycles. The van der Waals surface area contributed by atoms with E-state index in [1.165, 1.54) is 30.8 Å². The van der Waals surface area contributed by atoms with Crippen LogP contribution < -0.4 is 10.6 Å². The van der Waals surface area contributed by atoms with Gasteiger partial charge in [-0.3, -0.25) is 4.99 Å². The van der Waals surface area contributed by atoms with Crippen LogP contribution in [-0.4, -0.2) is 49.1 Å². The lowest BCUT2D eigenvalue weighted by molar-refractivity contribution is 0.167. The highest BCUT2D eigenvalue weighted by Gasteiger charge is 2.23. The number of rotatable bonds is 6. The van der Waals surface area contributed by atoms with Gasteiger partial charge in [0, 0.05) is 42.0 Å². The van der Waals surface area contributed by atoms with E-state index in [0.29, 0.717) is 12.1 Å². The predicted molar refractivity (Wildman–Crippen MR) is 106 cm³/mol. The molecule has 1 fully saturated rings. The summed E-state index contributed by atoms with van der Waals surface area (Å²) in [6, 6.07) is 5.52. The molecule has 0 spiro atoms. The van der Waals surface area contributed by atoms with E-state index < -0.39 is 0 Å². The molecule has 0 radical (unpaired) electrons. The predicted octanol–water partition coefficient (Wildman–Crippen LogP) is 3.45. The van der Waals surface area contributed by atoms with Crippen molar-refractivity contribution >= 4 is 17.3 Å². The first-order chi connectivity index (χ1) is 11.4. The zero-order chi connectivity index (χ0) is 17.6. The molecule has 1 aliphatic rings. The van der Waals surface area contributed by atoms with Crippen molar-refractivity contribution in [3.63, 3.8) is 0 Å². The maximum Gasteiger partial charge on any atom is 0.191 e. The zero-order valence-electron chi connectivity index (χ0n) is 15.9. The fourth-order valence-corrected chi connectivity index (χ4v) is 3.94. The third-order valence-electron chi connectivity index (χ3n) is 4.77. The molecule has 0 unspecified atom stereocenters. The molecule has 1 aromatic heterocycles. The SMILES string of the molecule is CCNC(=NCC(C)(C)c1cccs1)NC1CCN(C(C)C)CC1. The number of hydrogen-bond donors (Lipinski definition) is 2. The summed E-state index contributed by atoms with van der Waals surface area (Å²) in [5, 5.41) is 9.21. The fourth-order valence-electron chi connectivity index (χ4n) is 3.09. The van der Waals surface area contributed by atoms with Crippen molar-refractivity contribution in [2.45, 2.75) is 65.0 Å². The normalized spacial score (nSPS) is 18.2. The minimum atomic E-state index is 0.0809. The summed E-state index contributed by atoms with van der Waals surface area (Å²) in [6.07, 6.45) is 2.38. The Morgan fingerprint density at radius 1 is 1.38 bits per heavy atom. The highest BCUT2D eigenvalue weighted by atomic mass is 32.1. The van der Waals surface area contributed by atoms with Crippen LogP contribution in [0.25, 0.3) is 0 Å². The van der Waals surface area contributed by atoms with Crippen LogP contribution in [0.1, 0.15) is 52.3 Å². The Balaban J connectivity index is 1.92. The second kappa shape index (κ2) is 8.86. The van der Waals surface area contributed by atoms with Gasteiger partial charge in [0.1, 0.15) is 0 Å². The maximum absolute atomic E-state index is 4.88. The summed E-state index contributed by atoms with van der Waals surface area (Å²) in [4.78, 5) is 8.83. The van der Waals surface area contributed by atoms with E-state index in [4.69, 9.17) is 4.99 Å². The number of hydrogen-bond acceptors (Lipinski definition) is 3. The molecular formula is C19H34N4S. The van der Waals surface area contributed by atoms with Gasteiger partial charge in [-0.2, -0.15) is 0 Å². The summed E-state index contributed by atoms with van der Waals surface area (Å²) in [5.41, 5.74) is 0.0809. The van der Waals surface area contributed by atoms with E-state index in [2.05, 4.69) is 67.7 Å².